The van der Waals surface area contributed by atoms with Crippen molar-refractivity contribution in [2.45, 2.75) is 0 Å². The number of fused-ring (bicyclic) bond motifs is 1. The van der Waals surface area contributed by atoms with Gasteiger partial charge >= 0.3 is 5.63 Å². The number of aromatic nitrogens is 1. The van der Waals surface area contributed by atoms with Gasteiger partial charge in [-0.3, -0.25) is 0 Å². The van der Waals surface area contributed by atoms with Crippen LogP contribution < -0.4 is 5.63 Å². The maximum absolute atomic E-state index is 11.0. The van der Waals surface area contributed by atoms with E-state index in [1.165, 1.54) is 0 Å². The van der Waals surface area contributed by atoms with Crippen molar-refractivity contribution in [3.05, 3.63) is 41.1 Å². The normalized spacial score (nSPS) is 9.33. The first-order chi connectivity index (χ1) is 5.38. The number of benzene rings is 1. The molecule has 0 aliphatic heterocycles. The van der Waals surface area contributed by atoms with E-state index in [9.17, 15) is 4.79 Å². The summed E-state index contributed by atoms with van der Waals surface area (Å²) in [5.41, 5.74) is 0.333. The molecule has 12 heavy (non-hydrogen) atoms. The highest BCUT2D eigenvalue weighted by molar-refractivity contribution is 5.85. The van der Waals surface area contributed by atoms with Gasteiger partial charge in [-0.1, -0.05) is 12.1 Å². The van der Waals surface area contributed by atoms with Gasteiger partial charge in [-0.25, -0.2) is 9.78 Å². The van der Waals surface area contributed by atoms with Crippen LogP contribution in [0.3, 0.4) is 0 Å². The van der Waals surface area contributed by atoms with Crippen LogP contribution >= 0.6 is 12.4 Å². The first kappa shape index (κ1) is 8.74. The largest absolute Gasteiger partial charge is 0.411 e. The van der Waals surface area contributed by atoms with Crippen molar-refractivity contribution in [2.24, 2.45) is 0 Å². The lowest BCUT2D eigenvalue weighted by atomic mass is 10.2. The molecule has 4 heteroatoms. The highest BCUT2D eigenvalue weighted by Crippen LogP contribution is 2.03. The van der Waals surface area contributed by atoms with E-state index in [-0.39, 0.29) is 18.0 Å². The Labute approximate surface area is 74.5 Å². The Kier molecular flexibility index (Phi) is 2.45. The Bertz CT molecular complexity index is 433. The van der Waals surface area contributed by atoms with Crippen molar-refractivity contribution in [1.82, 2.24) is 4.98 Å². The molecule has 0 aliphatic rings. The molecule has 0 bridgehead atoms. The van der Waals surface area contributed by atoms with Crippen LogP contribution in [0.25, 0.3) is 10.9 Å². The van der Waals surface area contributed by atoms with Crippen molar-refractivity contribution in [1.29, 1.82) is 0 Å². The summed E-state index contributed by atoms with van der Waals surface area (Å²) in [6, 6.07) is 7.07. The standard InChI is InChI=1S/C8H5NO2.ClH/c10-8-6-3-1-2-4-7(6)9-5-11-8;/h1-5H;1H. The van der Waals surface area contributed by atoms with Gasteiger partial charge < -0.3 is 4.42 Å². The predicted molar refractivity (Wildman–Crippen MR) is 47.5 cm³/mol. The molecular weight excluding hydrogens is 178 g/mol. The van der Waals surface area contributed by atoms with E-state index in [2.05, 4.69) is 9.40 Å². The fraction of sp³-hybridized carbons (Fsp3) is 0. The van der Waals surface area contributed by atoms with Gasteiger partial charge in [-0.2, -0.15) is 0 Å². The third-order valence-corrected chi connectivity index (χ3v) is 1.48. The number of nitrogens with zero attached hydrogens (tertiary/aromatic N) is 1. The van der Waals surface area contributed by atoms with Crippen LogP contribution in [0.2, 0.25) is 0 Å². The number of hydrogen-bond acceptors (Lipinski definition) is 3. The van der Waals surface area contributed by atoms with E-state index in [0.29, 0.717) is 10.9 Å². The van der Waals surface area contributed by atoms with Gasteiger partial charge in [-0.15, -0.1) is 12.4 Å². The Hall–Kier alpha value is -1.35. The minimum atomic E-state index is -0.337. The zero-order chi connectivity index (χ0) is 7.68. The van der Waals surface area contributed by atoms with Gasteiger partial charge in [0.15, 0.2) is 6.39 Å². The third-order valence-electron chi connectivity index (χ3n) is 1.48. The quantitative estimate of drug-likeness (QED) is 0.623. The molecule has 0 spiro atoms. The molecule has 0 saturated carbocycles. The topological polar surface area (TPSA) is 43.1 Å². The Morgan fingerprint density at radius 3 is 2.75 bits per heavy atom. The highest BCUT2D eigenvalue weighted by atomic mass is 35.5. The molecule has 62 valence electrons. The lowest BCUT2D eigenvalue weighted by Gasteiger charge is -1.90. The molecular formula is C8H6ClNO2. The van der Waals surface area contributed by atoms with Crippen molar-refractivity contribution < 1.29 is 4.42 Å². The van der Waals surface area contributed by atoms with Gasteiger partial charge in [0.25, 0.3) is 0 Å². The molecule has 2 rings (SSSR count). The van der Waals surface area contributed by atoms with E-state index in [0.717, 1.165) is 6.39 Å². The first-order valence-corrected chi connectivity index (χ1v) is 3.20. The molecule has 3 nitrogen and oxygen atoms in total. The smallest absolute Gasteiger partial charge is 0.346 e. The van der Waals surface area contributed by atoms with Crippen LogP contribution in [-0.4, -0.2) is 4.98 Å². The van der Waals surface area contributed by atoms with Crippen molar-refractivity contribution >= 4 is 23.3 Å². The Balaban J connectivity index is 0.000000720. The molecule has 0 N–H and O–H groups in total. The fourth-order valence-electron chi connectivity index (χ4n) is 0.953. The lowest BCUT2D eigenvalue weighted by molar-refractivity contribution is 0.501. The van der Waals surface area contributed by atoms with Crippen LogP contribution in [0.5, 0.6) is 0 Å². The van der Waals surface area contributed by atoms with E-state index in [1.54, 1.807) is 18.2 Å². The van der Waals surface area contributed by atoms with Crippen molar-refractivity contribution in [3.8, 4) is 0 Å². The van der Waals surface area contributed by atoms with Gasteiger partial charge in [0.2, 0.25) is 0 Å². The van der Waals surface area contributed by atoms with Crippen LogP contribution in [0.4, 0.5) is 0 Å². The fourth-order valence-corrected chi connectivity index (χ4v) is 0.953. The first-order valence-electron chi connectivity index (χ1n) is 3.20. The van der Waals surface area contributed by atoms with Crippen LogP contribution in [0.1, 0.15) is 0 Å². The minimum absolute atomic E-state index is 0. The number of para-hydroxylation sites is 1. The molecule has 1 aromatic carbocycles. The second-order valence-corrected chi connectivity index (χ2v) is 2.16. The second-order valence-electron chi connectivity index (χ2n) is 2.16. The number of halogens is 1. The molecule has 0 radical (unpaired) electrons. The van der Waals surface area contributed by atoms with Crippen LogP contribution in [0, 0.1) is 0 Å². The summed E-state index contributed by atoms with van der Waals surface area (Å²) in [5, 5.41) is 0.523. The van der Waals surface area contributed by atoms with E-state index in [4.69, 9.17) is 0 Å². The molecule has 1 aromatic heterocycles. The van der Waals surface area contributed by atoms with Crippen molar-refractivity contribution in [2.75, 3.05) is 0 Å². The second kappa shape index (κ2) is 3.36. The molecule has 0 aliphatic carbocycles. The van der Waals surface area contributed by atoms with E-state index in [1.807, 2.05) is 6.07 Å². The van der Waals surface area contributed by atoms with Gasteiger partial charge in [0, 0.05) is 0 Å². The zero-order valence-electron chi connectivity index (χ0n) is 6.06. The van der Waals surface area contributed by atoms with Crippen LogP contribution in [0.15, 0.2) is 39.9 Å². The predicted octanol–water partition coefficient (Wildman–Crippen LogP) is 1.61. The summed E-state index contributed by atoms with van der Waals surface area (Å²) >= 11 is 0. The Morgan fingerprint density at radius 2 is 2.00 bits per heavy atom. The SMILES string of the molecule is Cl.O=c1ocnc2ccccc12. The van der Waals surface area contributed by atoms with E-state index < -0.39 is 0 Å². The molecule has 0 amide bonds. The van der Waals surface area contributed by atoms with Gasteiger partial charge in [0.05, 0.1) is 10.9 Å². The van der Waals surface area contributed by atoms with Gasteiger partial charge in [-0.05, 0) is 12.1 Å². The minimum Gasteiger partial charge on any atom is -0.411 e. The summed E-state index contributed by atoms with van der Waals surface area (Å²) in [7, 11) is 0. The van der Waals surface area contributed by atoms with E-state index >= 15 is 0 Å². The average Bonchev–Trinajstić information content (AvgIpc) is 2.06. The monoisotopic (exact) mass is 183 g/mol. The highest BCUT2D eigenvalue weighted by Gasteiger charge is 1.96. The summed E-state index contributed by atoms with van der Waals surface area (Å²) < 4.78 is 4.57. The number of hydrogen-bond donors (Lipinski definition) is 0. The Morgan fingerprint density at radius 1 is 1.25 bits per heavy atom. The molecule has 2 aromatic rings. The summed E-state index contributed by atoms with van der Waals surface area (Å²) in [6.07, 6.45) is 1.16. The maximum Gasteiger partial charge on any atom is 0.346 e. The molecule has 0 fully saturated rings. The average molecular weight is 184 g/mol. The molecule has 0 atom stereocenters. The summed E-state index contributed by atoms with van der Waals surface area (Å²) in [4.78, 5) is 14.8. The summed E-state index contributed by atoms with van der Waals surface area (Å²) in [5.74, 6) is 0. The molecule has 0 unspecified atom stereocenters. The molecule has 1 heterocycles. The van der Waals surface area contributed by atoms with Crippen molar-refractivity contribution in [3.63, 3.8) is 0 Å². The maximum atomic E-state index is 11.0. The summed E-state index contributed by atoms with van der Waals surface area (Å²) in [6.45, 7) is 0. The molecule has 0 saturated heterocycles. The van der Waals surface area contributed by atoms with Crippen LogP contribution in [-0.2, 0) is 0 Å². The third kappa shape index (κ3) is 1.31. The number of rotatable bonds is 0. The zero-order valence-corrected chi connectivity index (χ0v) is 6.88. The van der Waals surface area contributed by atoms with Gasteiger partial charge in [0.1, 0.15) is 0 Å². The lowest BCUT2D eigenvalue weighted by Crippen LogP contribution is -1.98.